The van der Waals surface area contributed by atoms with E-state index >= 15 is 0 Å². The average molecular weight is 268 g/mol. The van der Waals surface area contributed by atoms with E-state index in [4.69, 9.17) is 40.1 Å². The molecule has 1 aromatic rings. The summed E-state index contributed by atoms with van der Waals surface area (Å²) < 4.78 is -0.223. The highest BCUT2D eigenvalue weighted by Gasteiger charge is 2.32. The maximum atomic E-state index is 8.79. The molecule has 1 heterocycles. The minimum absolute atomic E-state index is 0.0515. The van der Waals surface area contributed by atoms with Crippen molar-refractivity contribution in [2.24, 2.45) is 5.92 Å². The summed E-state index contributed by atoms with van der Waals surface area (Å²) in [5, 5.41) is 16.2. The second-order valence-corrected chi connectivity index (χ2v) is 5.75. The van der Waals surface area contributed by atoms with Gasteiger partial charge in [-0.1, -0.05) is 53.9 Å². The summed E-state index contributed by atoms with van der Waals surface area (Å²) in [5.41, 5.74) is 0.277. The molecule has 0 aliphatic rings. The van der Waals surface area contributed by atoms with Gasteiger partial charge in [-0.3, -0.25) is 0 Å². The molecule has 7 heteroatoms. The maximum absolute atomic E-state index is 8.79. The van der Waals surface area contributed by atoms with E-state index in [1.807, 2.05) is 19.9 Å². The normalized spacial score (nSPS) is 11.8. The number of rotatable bonds is 2. The van der Waals surface area contributed by atoms with Gasteiger partial charge in [0.2, 0.25) is 3.79 Å². The van der Waals surface area contributed by atoms with Gasteiger partial charge in [-0.05, 0) is 5.92 Å². The molecule has 0 amide bonds. The van der Waals surface area contributed by atoms with E-state index in [9.17, 15) is 0 Å². The third-order valence-corrected chi connectivity index (χ3v) is 2.18. The highest BCUT2D eigenvalue weighted by Crippen LogP contribution is 2.39. The molecule has 4 nitrogen and oxygen atoms in total. The third-order valence-electron chi connectivity index (χ3n) is 1.65. The van der Waals surface area contributed by atoms with Crippen LogP contribution in [0.2, 0.25) is 0 Å². The lowest BCUT2D eigenvalue weighted by atomic mass is 10.2. The lowest BCUT2D eigenvalue weighted by molar-refractivity contribution is 0.460. The molecular weight excluding hydrogens is 258 g/mol. The zero-order chi connectivity index (χ0) is 11.6. The smallest absolute Gasteiger partial charge is 0.235 e. The summed E-state index contributed by atoms with van der Waals surface area (Å²) in [6.07, 6.45) is 0. The predicted octanol–water partition coefficient (Wildman–Crippen LogP) is 2.63. The van der Waals surface area contributed by atoms with Gasteiger partial charge in [0.15, 0.2) is 5.69 Å². The van der Waals surface area contributed by atoms with Crippen LogP contribution in [-0.4, -0.2) is 15.0 Å². The van der Waals surface area contributed by atoms with Crippen LogP contribution in [-0.2, 0) is 10.3 Å². The Bertz CT molecular complexity index is 386. The quantitative estimate of drug-likeness (QED) is 0.774. The highest BCUT2D eigenvalue weighted by molar-refractivity contribution is 6.66. The molecular formula is C8H9Cl3N4. The Kier molecular flexibility index (Phi) is 3.82. The Morgan fingerprint density at radius 3 is 2.47 bits per heavy atom. The van der Waals surface area contributed by atoms with Crippen LogP contribution in [0.1, 0.15) is 25.2 Å². The van der Waals surface area contributed by atoms with E-state index in [1.165, 1.54) is 4.68 Å². The second kappa shape index (κ2) is 4.56. The minimum atomic E-state index is -1.68. The largest absolute Gasteiger partial charge is 0.243 e. The number of alkyl halides is 3. The number of hydrogen-bond acceptors (Lipinski definition) is 3. The molecule has 0 aromatic carbocycles. The fourth-order valence-electron chi connectivity index (χ4n) is 1.14. The zero-order valence-electron chi connectivity index (χ0n) is 8.21. The van der Waals surface area contributed by atoms with E-state index < -0.39 is 3.79 Å². The molecule has 15 heavy (non-hydrogen) atoms. The summed E-state index contributed by atoms with van der Waals surface area (Å²) in [6.45, 7) is 4.55. The van der Waals surface area contributed by atoms with Crippen molar-refractivity contribution < 1.29 is 0 Å². The number of nitriles is 1. The van der Waals surface area contributed by atoms with Crippen LogP contribution >= 0.6 is 34.8 Å². The van der Waals surface area contributed by atoms with Gasteiger partial charge in [0.1, 0.15) is 11.8 Å². The average Bonchev–Trinajstić information content (AvgIpc) is 2.45. The Morgan fingerprint density at radius 2 is 2.07 bits per heavy atom. The fraction of sp³-hybridized carbons (Fsp3) is 0.625. The van der Waals surface area contributed by atoms with Crippen molar-refractivity contribution in [1.82, 2.24) is 15.0 Å². The molecule has 0 aliphatic heterocycles. The lowest BCUT2D eigenvalue weighted by Crippen LogP contribution is -2.16. The maximum Gasteiger partial charge on any atom is 0.235 e. The predicted molar refractivity (Wildman–Crippen MR) is 58.8 cm³/mol. The van der Waals surface area contributed by atoms with Crippen LogP contribution in [0.15, 0.2) is 0 Å². The van der Waals surface area contributed by atoms with E-state index in [0.29, 0.717) is 12.5 Å². The van der Waals surface area contributed by atoms with Crippen molar-refractivity contribution in [3.05, 3.63) is 11.4 Å². The highest BCUT2D eigenvalue weighted by atomic mass is 35.6. The van der Waals surface area contributed by atoms with Crippen LogP contribution in [0.3, 0.4) is 0 Å². The number of nitrogens with zero attached hydrogens (tertiary/aromatic N) is 4. The number of halogens is 3. The molecule has 0 N–H and O–H groups in total. The summed E-state index contributed by atoms with van der Waals surface area (Å²) in [5.74, 6) is 0.323. The molecule has 0 atom stereocenters. The first-order valence-corrected chi connectivity index (χ1v) is 5.40. The molecule has 0 saturated carbocycles. The lowest BCUT2D eigenvalue weighted by Gasteiger charge is -2.14. The van der Waals surface area contributed by atoms with Crippen molar-refractivity contribution in [2.45, 2.75) is 24.2 Å². The van der Waals surface area contributed by atoms with Crippen molar-refractivity contribution in [2.75, 3.05) is 0 Å². The van der Waals surface area contributed by atoms with Crippen LogP contribution in [0.5, 0.6) is 0 Å². The van der Waals surface area contributed by atoms with E-state index in [0.717, 1.165) is 0 Å². The van der Waals surface area contributed by atoms with Gasteiger partial charge in [0.05, 0.1) is 0 Å². The first-order valence-electron chi connectivity index (χ1n) is 4.27. The summed E-state index contributed by atoms with van der Waals surface area (Å²) in [4.78, 5) is 0. The molecule has 0 bridgehead atoms. The standard InChI is InChI=1S/C8H9Cl3N4/c1-5(2)4-15-7(8(9,10)11)6(3-12)13-14-15/h5H,4H2,1-2H3. The van der Waals surface area contributed by atoms with Crippen LogP contribution in [0.25, 0.3) is 0 Å². The summed E-state index contributed by atoms with van der Waals surface area (Å²) in [7, 11) is 0. The first kappa shape index (κ1) is 12.6. The molecule has 82 valence electrons. The monoisotopic (exact) mass is 266 g/mol. The molecule has 0 radical (unpaired) electrons. The van der Waals surface area contributed by atoms with Gasteiger partial charge in [-0.2, -0.15) is 5.26 Å². The van der Waals surface area contributed by atoms with E-state index in [1.54, 1.807) is 0 Å². The Morgan fingerprint density at radius 1 is 1.47 bits per heavy atom. The van der Waals surface area contributed by atoms with Gasteiger partial charge in [0.25, 0.3) is 0 Å². The molecule has 0 aliphatic carbocycles. The summed E-state index contributed by atoms with van der Waals surface area (Å²) in [6, 6.07) is 1.85. The number of hydrogen-bond donors (Lipinski definition) is 0. The fourth-order valence-corrected chi connectivity index (χ4v) is 1.70. The molecule has 1 aromatic heterocycles. The minimum Gasteiger partial charge on any atom is -0.243 e. The van der Waals surface area contributed by atoms with Crippen molar-refractivity contribution >= 4 is 34.8 Å². The second-order valence-electron chi connectivity index (χ2n) is 3.47. The molecule has 0 unspecified atom stereocenters. The van der Waals surface area contributed by atoms with Crippen molar-refractivity contribution in [1.29, 1.82) is 5.26 Å². The molecule has 0 saturated heterocycles. The zero-order valence-corrected chi connectivity index (χ0v) is 10.5. The third kappa shape index (κ3) is 2.97. The first-order chi connectivity index (χ1) is 6.86. The molecule has 0 fully saturated rings. The van der Waals surface area contributed by atoms with Crippen LogP contribution < -0.4 is 0 Å². The Balaban J connectivity index is 3.19. The van der Waals surface area contributed by atoms with Gasteiger partial charge in [0, 0.05) is 6.54 Å². The van der Waals surface area contributed by atoms with Crippen molar-refractivity contribution in [3.63, 3.8) is 0 Å². The van der Waals surface area contributed by atoms with Gasteiger partial charge >= 0.3 is 0 Å². The topological polar surface area (TPSA) is 54.5 Å². The molecule has 0 spiro atoms. The van der Waals surface area contributed by atoms with Gasteiger partial charge in [-0.15, -0.1) is 5.10 Å². The van der Waals surface area contributed by atoms with Gasteiger partial charge < -0.3 is 0 Å². The van der Waals surface area contributed by atoms with Crippen LogP contribution in [0.4, 0.5) is 0 Å². The van der Waals surface area contributed by atoms with Crippen LogP contribution in [0, 0.1) is 17.2 Å². The number of aromatic nitrogens is 3. The van der Waals surface area contributed by atoms with Gasteiger partial charge in [-0.25, -0.2) is 4.68 Å². The Labute approximate surface area is 103 Å². The molecule has 1 rings (SSSR count). The van der Waals surface area contributed by atoms with E-state index in [2.05, 4.69) is 10.3 Å². The Hall–Kier alpha value is -0.500. The van der Waals surface area contributed by atoms with Crippen molar-refractivity contribution in [3.8, 4) is 6.07 Å². The summed E-state index contributed by atoms with van der Waals surface area (Å²) >= 11 is 17.3. The van der Waals surface area contributed by atoms with E-state index in [-0.39, 0.29) is 11.4 Å². The SMILES string of the molecule is CC(C)Cn1nnc(C#N)c1C(Cl)(Cl)Cl.